The van der Waals surface area contributed by atoms with Crippen molar-refractivity contribution in [3.63, 3.8) is 0 Å². The van der Waals surface area contributed by atoms with Crippen LogP contribution in [0.2, 0.25) is 0 Å². The van der Waals surface area contributed by atoms with Crippen LogP contribution in [0, 0.1) is 6.92 Å². The fraction of sp³-hybridized carbons (Fsp3) is 0.214. The zero-order valence-corrected chi connectivity index (χ0v) is 14.1. The van der Waals surface area contributed by atoms with E-state index in [1.54, 1.807) is 24.4 Å². The van der Waals surface area contributed by atoms with E-state index in [2.05, 4.69) is 31.0 Å². The highest BCUT2D eigenvalue weighted by atomic mass is 79.9. The van der Waals surface area contributed by atoms with Crippen molar-refractivity contribution < 1.29 is 8.42 Å². The number of hydrogen-bond donors (Lipinski definition) is 2. The van der Waals surface area contributed by atoms with Crippen LogP contribution in [0.5, 0.6) is 0 Å². The zero-order valence-electron chi connectivity index (χ0n) is 11.7. The number of aromatic nitrogens is 1. The molecule has 2 N–H and O–H groups in total. The summed E-state index contributed by atoms with van der Waals surface area (Å²) in [5.74, 6) is 0. The molecule has 7 heteroatoms. The molecule has 0 aliphatic rings. The third kappa shape index (κ3) is 3.81. The molecule has 1 aromatic heterocycles. The number of nitrogens with one attached hydrogen (secondary N) is 2. The summed E-state index contributed by atoms with van der Waals surface area (Å²) >= 11 is 3.29. The molecule has 0 spiro atoms. The van der Waals surface area contributed by atoms with Crippen LogP contribution >= 0.6 is 15.9 Å². The summed E-state index contributed by atoms with van der Waals surface area (Å²) in [7, 11) is -1.86. The van der Waals surface area contributed by atoms with Crippen LogP contribution in [0.25, 0.3) is 0 Å². The molecule has 0 saturated heterocycles. The number of halogens is 1. The number of benzene rings is 1. The second-order valence-electron chi connectivity index (χ2n) is 4.59. The summed E-state index contributed by atoms with van der Waals surface area (Å²) in [4.78, 5) is 4.15. The largest absolute Gasteiger partial charge is 0.316 e. The van der Waals surface area contributed by atoms with Gasteiger partial charge in [-0.1, -0.05) is 6.07 Å². The van der Waals surface area contributed by atoms with E-state index in [9.17, 15) is 8.42 Å². The fourth-order valence-electron chi connectivity index (χ4n) is 1.84. The molecule has 1 heterocycles. The van der Waals surface area contributed by atoms with Crippen LogP contribution in [0.4, 0.5) is 5.69 Å². The lowest BCUT2D eigenvalue weighted by molar-refractivity contribution is 0.600. The number of nitrogens with zero attached hydrogens (tertiary/aromatic N) is 1. The Kier molecular flexibility index (Phi) is 4.97. The Bertz CT molecular complexity index is 748. The van der Waals surface area contributed by atoms with Gasteiger partial charge in [0.15, 0.2) is 0 Å². The van der Waals surface area contributed by atoms with Crippen molar-refractivity contribution in [2.45, 2.75) is 18.4 Å². The summed E-state index contributed by atoms with van der Waals surface area (Å²) in [5, 5.41) is 3.00. The van der Waals surface area contributed by atoms with Gasteiger partial charge >= 0.3 is 0 Å². The highest BCUT2D eigenvalue weighted by Crippen LogP contribution is 2.26. The van der Waals surface area contributed by atoms with Crippen LogP contribution in [0.15, 0.2) is 46.0 Å². The second-order valence-corrected chi connectivity index (χ2v) is 7.10. The molecule has 1 aromatic carbocycles. The van der Waals surface area contributed by atoms with Gasteiger partial charge in [0, 0.05) is 17.2 Å². The molecule has 0 unspecified atom stereocenters. The predicted octanol–water partition coefficient (Wildman–Crippen LogP) is 2.67. The van der Waals surface area contributed by atoms with Crippen molar-refractivity contribution in [2.75, 3.05) is 11.8 Å². The SMILES string of the molecule is CNCc1ccc(Br)c(S(=O)(=O)Nc2cnccc2C)c1. The molecule has 112 valence electrons. The minimum Gasteiger partial charge on any atom is -0.316 e. The Morgan fingerprint density at radius 2 is 2.05 bits per heavy atom. The zero-order chi connectivity index (χ0) is 15.5. The van der Waals surface area contributed by atoms with Crippen LogP contribution in [-0.2, 0) is 16.6 Å². The Balaban J connectivity index is 2.40. The van der Waals surface area contributed by atoms with Gasteiger partial charge in [-0.05, 0) is 59.2 Å². The van der Waals surface area contributed by atoms with Crippen LogP contribution in [0.1, 0.15) is 11.1 Å². The third-order valence-electron chi connectivity index (χ3n) is 2.95. The molecule has 21 heavy (non-hydrogen) atoms. The minimum atomic E-state index is -3.67. The molecule has 0 radical (unpaired) electrons. The second kappa shape index (κ2) is 6.55. The van der Waals surface area contributed by atoms with Gasteiger partial charge in [-0.3, -0.25) is 9.71 Å². The van der Waals surface area contributed by atoms with E-state index in [0.29, 0.717) is 16.7 Å². The summed E-state index contributed by atoms with van der Waals surface area (Å²) in [6.45, 7) is 2.42. The molecule has 0 aliphatic heterocycles. The molecule has 0 atom stereocenters. The van der Waals surface area contributed by atoms with Crippen molar-refractivity contribution in [3.8, 4) is 0 Å². The predicted molar refractivity (Wildman–Crippen MR) is 86.7 cm³/mol. The van der Waals surface area contributed by atoms with Gasteiger partial charge in [-0.25, -0.2) is 8.42 Å². The first-order valence-corrected chi connectivity index (χ1v) is 8.58. The summed E-state index contributed by atoms with van der Waals surface area (Å²) in [6.07, 6.45) is 3.12. The van der Waals surface area contributed by atoms with Gasteiger partial charge < -0.3 is 5.32 Å². The fourth-order valence-corrected chi connectivity index (χ4v) is 3.97. The molecule has 0 bridgehead atoms. The Labute approximate surface area is 133 Å². The first kappa shape index (κ1) is 15.9. The summed E-state index contributed by atoms with van der Waals surface area (Å²) in [6, 6.07) is 7.01. The maximum absolute atomic E-state index is 12.5. The number of aryl methyl sites for hydroxylation is 1. The lowest BCUT2D eigenvalue weighted by Gasteiger charge is -2.12. The quantitative estimate of drug-likeness (QED) is 0.849. The monoisotopic (exact) mass is 369 g/mol. The van der Waals surface area contributed by atoms with E-state index in [-0.39, 0.29) is 4.90 Å². The van der Waals surface area contributed by atoms with Gasteiger partial charge in [0.1, 0.15) is 4.90 Å². The molecule has 0 saturated carbocycles. The van der Waals surface area contributed by atoms with Gasteiger partial charge in [-0.2, -0.15) is 0 Å². The van der Waals surface area contributed by atoms with E-state index in [4.69, 9.17) is 0 Å². The smallest absolute Gasteiger partial charge is 0.263 e. The first-order valence-electron chi connectivity index (χ1n) is 6.30. The van der Waals surface area contributed by atoms with E-state index >= 15 is 0 Å². The molecule has 2 aromatic rings. The van der Waals surface area contributed by atoms with E-state index < -0.39 is 10.0 Å². The van der Waals surface area contributed by atoms with Gasteiger partial charge in [0.2, 0.25) is 0 Å². The standard InChI is InChI=1S/C14H16BrN3O2S/c1-10-5-6-17-9-13(10)18-21(19,20)14-7-11(8-16-2)3-4-12(14)15/h3-7,9,16,18H,8H2,1-2H3. The van der Waals surface area contributed by atoms with Crippen molar-refractivity contribution >= 4 is 31.6 Å². The normalized spacial score (nSPS) is 11.4. The van der Waals surface area contributed by atoms with E-state index in [1.807, 2.05) is 20.0 Å². The van der Waals surface area contributed by atoms with E-state index in [0.717, 1.165) is 11.1 Å². The van der Waals surface area contributed by atoms with Crippen molar-refractivity contribution in [1.29, 1.82) is 0 Å². The topological polar surface area (TPSA) is 71.1 Å². The molecule has 0 amide bonds. The third-order valence-corrected chi connectivity index (χ3v) is 5.31. The Morgan fingerprint density at radius 1 is 1.29 bits per heavy atom. The van der Waals surface area contributed by atoms with Crippen molar-refractivity contribution in [2.24, 2.45) is 0 Å². The molecular formula is C14H16BrN3O2S. The molecule has 0 aliphatic carbocycles. The van der Waals surface area contributed by atoms with Crippen LogP contribution in [-0.4, -0.2) is 20.4 Å². The van der Waals surface area contributed by atoms with Crippen LogP contribution < -0.4 is 10.0 Å². The van der Waals surface area contributed by atoms with Crippen molar-refractivity contribution in [3.05, 3.63) is 52.3 Å². The highest BCUT2D eigenvalue weighted by molar-refractivity contribution is 9.10. The molecule has 5 nitrogen and oxygen atoms in total. The minimum absolute atomic E-state index is 0.207. The molecule has 0 fully saturated rings. The van der Waals surface area contributed by atoms with Crippen molar-refractivity contribution in [1.82, 2.24) is 10.3 Å². The lowest BCUT2D eigenvalue weighted by Crippen LogP contribution is -2.15. The average Bonchev–Trinajstić information content (AvgIpc) is 2.43. The highest BCUT2D eigenvalue weighted by Gasteiger charge is 2.19. The molecular weight excluding hydrogens is 354 g/mol. The number of pyridine rings is 1. The summed E-state index contributed by atoms with van der Waals surface area (Å²) < 4.78 is 28.2. The number of hydrogen-bond acceptors (Lipinski definition) is 4. The number of sulfonamides is 1. The Hall–Kier alpha value is -1.44. The maximum atomic E-state index is 12.5. The number of rotatable bonds is 5. The lowest BCUT2D eigenvalue weighted by atomic mass is 10.2. The average molecular weight is 370 g/mol. The van der Waals surface area contributed by atoms with Gasteiger partial charge in [0.25, 0.3) is 10.0 Å². The van der Waals surface area contributed by atoms with E-state index in [1.165, 1.54) is 6.20 Å². The summed E-state index contributed by atoms with van der Waals surface area (Å²) in [5.41, 5.74) is 2.18. The van der Waals surface area contributed by atoms with Gasteiger partial charge in [-0.15, -0.1) is 0 Å². The first-order chi connectivity index (χ1) is 9.94. The Morgan fingerprint density at radius 3 is 2.71 bits per heavy atom. The van der Waals surface area contributed by atoms with Gasteiger partial charge in [0.05, 0.1) is 11.9 Å². The molecule has 2 rings (SSSR count). The number of anilines is 1. The maximum Gasteiger partial charge on any atom is 0.263 e. The van der Waals surface area contributed by atoms with Crippen LogP contribution in [0.3, 0.4) is 0 Å².